The first-order valence-corrected chi connectivity index (χ1v) is 13.9. The average molecular weight is 555 g/mol. The van der Waals surface area contributed by atoms with E-state index in [-0.39, 0.29) is 18.0 Å². The summed E-state index contributed by atoms with van der Waals surface area (Å²) in [7, 11) is 2.13. The lowest BCUT2D eigenvalue weighted by Crippen LogP contribution is -2.35. The molecular weight excluding hydrogens is 519 g/mol. The summed E-state index contributed by atoms with van der Waals surface area (Å²) >= 11 is 0. The highest BCUT2D eigenvalue weighted by atomic mass is 19.1. The summed E-state index contributed by atoms with van der Waals surface area (Å²) in [6, 6.07) is 23.4. The average Bonchev–Trinajstić information content (AvgIpc) is 2.99. The molecule has 0 spiro atoms. The largest absolute Gasteiger partial charge is 0.493 e. The number of anilines is 1. The van der Waals surface area contributed by atoms with Crippen molar-refractivity contribution >= 4 is 11.7 Å². The van der Waals surface area contributed by atoms with E-state index in [1.165, 1.54) is 6.07 Å². The number of nitrogens with zero attached hydrogens (tertiary/aromatic N) is 2. The van der Waals surface area contributed by atoms with Gasteiger partial charge in [-0.25, -0.2) is 9.18 Å². The number of ether oxygens (including phenoxy) is 2. The third-order valence-electron chi connectivity index (χ3n) is 7.11. The van der Waals surface area contributed by atoms with Gasteiger partial charge < -0.3 is 25.0 Å². The molecule has 4 aromatic rings. The van der Waals surface area contributed by atoms with Gasteiger partial charge in [0.05, 0.1) is 6.61 Å². The van der Waals surface area contributed by atoms with Crippen LogP contribution >= 0.6 is 0 Å². The van der Waals surface area contributed by atoms with Gasteiger partial charge in [-0.1, -0.05) is 24.3 Å². The van der Waals surface area contributed by atoms with Crippen molar-refractivity contribution in [3.63, 3.8) is 0 Å². The summed E-state index contributed by atoms with van der Waals surface area (Å²) in [5, 5.41) is 5.62. The van der Waals surface area contributed by atoms with Crippen LogP contribution in [-0.4, -0.2) is 48.8 Å². The lowest BCUT2D eigenvalue weighted by molar-refractivity contribution is 0.114. The standard InChI is InChI=1S/C33H35FN4O3/c1-38-17-13-30(14-18-38)41-31-6-2-5-26(20-31)32-21-27(34)8-7-25(32)15-19-40-29-11-9-28(10-12-29)37-33(39)36-23-24-4-3-16-35-22-24/h2-12,16,20-22,30H,13-15,17-19,23H2,1H3,(H2,36,37,39). The maximum absolute atomic E-state index is 14.3. The van der Waals surface area contributed by atoms with Crippen molar-refractivity contribution in [2.24, 2.45) is 0 Å². The Hall–Kier alpha value is -4.43. The molecule has 1 saturated heterocycles. The molecule has 2 amide bonds. The first-order valence-electron chi connectivity index (χ1n) is 13.9. The van der Waals surface area contributed by atoms with E-state index in [1.807, 2.05) is 54.6 Å². The molecule has 0 bridgehead atoms. The number of piperidine rings is 1. The molecule has 3 aromatic carbocycles. The number of likely N-dealkylation sites (tertiary alicyclic amines) is 1. The Kier molecular flexibility index (Phi) is 9.44. The fourth-order valence-electron chi connectivity index (χ4n) is 4.84. The Labute approximate surface area is 240 Å². The van der Waals surface area contributed by atoms with Crippen LogP contribution in [-0.2, 0) is 13.0 Å². The van der Waals surface area contributed by atoms with Crippen molar-refractivity contribution in [1.82, 2.24) is 15.2 Å². The zero-order valence-corrected chi connectivity index (χ0v) is 23.2. The van der Waals surface area contributed by atoms with E-state index in [2.05, 4.69) is 27.6 Å². The van der Waals surface area contributed by atoms with Gasteiger partial charge in [0.25, 0.3) is 0 Å². The quantitative estimate of drug-likeness (QED) is 0.241. The zero-order chi connectivity index (χ0) is 28.4. The van der Waals surface area contributed by atoms with Gasteiger partial charge in [-0.15, -0.1) is 0 Å². The number of carbonyl (C=O) groups is 1. The number of pyridine rings is 1. The molecule has 5 rings (SSSR count). The number of hydrogen-bond donors (Lipinski definition) is 2. The van der Waals surface area contributed by atoms with Gasteiger partial charge in [-0.05, 0) is 96.7 Å². The van der Waals surface area contributed by atoms with E-state index in [4.69, 9.17) is 9.47 Å². The second-order valence-electron chi connectivity index (χ2n) is 10.2. The zero-order valence-electron chi connectivity index (χ0n) is 23.2. The minimum absolute atomic E-state index is 0.199. The monoisotopic (exact) mass is 554 g/mol. The fourth-order valence-corrected chi connectivity index (χ4v) is 4.84. The molecule has 7 nitrogen and oxygen atoms in total. The van der Waals surface area contributed by atoms with Crippen LogP contribution in [0.3, 0.4) is 0 Å². The van der Waals surface area contributed by atoms with Crippen molar-refractivity contribution < 1.29 is 18.7 Å². The second-order valence-corrected chi connectivity index (χ2v) is 10.2. The van der Waals surface area contributed by atoms with Crippen molar-refractivity contribution in [3.05, 3.63) is 108 Å². The molecule has 0 saturated carbocycles. The highest BCUT2D eigenvalue weighted by molar-refractivity contribution is 5.89. The summed E-state index contributed by atoms with van der Waals surface area (Å²) in [5.74, 6) is 1.21. The number of amides is 2. The van der Waals surface area contributed by atoms with Crippen LogP contribution < -0.4 is 20.1 Å². The smallest absolute Gasteiger partial charge is 0.319 e. The molecule has 2 N–H and O–H groups in total. The van der Waals surface area contributed by atoms with E-state index in [0.717, 1.165) is 53.9 Å². The molecule has 0 radical (unpaired) electrons. The van der Waals surface area contributed by atoms with Crippen LogP contribution in [0, 0.1) is 5.82 Å². The maximum atomic E-state index is 14.3. The van der Waals surface area contributed by atoms with Gasteiger partial charge >= 0.3 is 6.03 Å². The molecule has 0 unspecified atom stereocenters. The van der Waals surface area contributed by atoms with Crippen molar-refractivity contribution in [2.75, 3.05) is 32.1 Å². The molecular formula is C33H35FN4O3. The molecule has 1 fully saturated rings. The summed E-state index contributed by atoms with van der Waals surface area (Å²) < 4.78 is 26.5. The van der Waals surface area contributed by atoms with Crippen molar-refractivity contribution in [3.8, 4) is 22.6 Å². The first kappa shape index (κ1) is 28.1. The SMILES string of the molecule is CN1CCC(Oc2cccc(-c3cc(F)ccc3CCOc3ccc(NC(=O)NCc4cccnc4)cc3)c2)CC1. The number of aromatic nitrogens is 1. The van der Waals surface area contributed by atoms with Crippen LogP contribution in [0.2, 0.25) is 0 Å². The van der Waals surface area contributed by atoms with Crippen molar-refractivity contribution in [2.45, 2.75) is 31.9 Å². The molecule has 1 aliphatic rings. The molecule has 1 aromatic heterocycles. The van der Waals surface area contributed by atoms with Gasteiger partial charge in [0.15, 0.2) is 0 Å². The van der Waals surface area contributed by atoms with Crippen molar-refractivity contribution in [1.29, 1.82) is 0 Å². The Balaban J connectivity index is 1.15. The normalized spacial score (nSPS) is 13.9. The minimum atomic E-state index is -0.299. The topological polar surface area (TPSA) is 75.7 Å². The van der Waals surface area contributed by atoms with E-state index < -0.39 is 0 Å². The highest BCUT2D eigenvalue weighted by Crippen LogP contribution is 2.30. The highest BCUT2D eigenvalue weighted by Gasteiger charge is 2.18. The number of benzene rings is 3. The minimum Gasteiger partial charge on any atom is -0.493 e. The van der Waals surface area contributed by atoms with Gasteiger partial charge in [0.2, 0.25) is 0 Å². The van der Waals surface area contributed by atoms with Crippen LogP contribution in [0.25, 0.3) is 11.1 Å². The van der Waals surface area contributed by atoms with Crippen LogP contribution in [0.4, 0.5) is 14.9 Å². The molecule has 2 heterocycles. The fraction of sp³-hybridized carbons (Fsp3) is 0.273. The molecule has 8 heteroatoms. The molecule has 212 valence electrons. The third kappa shape index (κ3) is 8.28. The molecule has 41 heavy (non-hydrogen) atoms. The summed E-state index contributed by atoms with van der Waals surface area (Å²) in [6.45, 7) is 2.87. The number of rotatable bonds is 10. The molecule has 0 atom stereocenters. The Morgan fingerprint density at radius 2 is 1.83 bits per heavy atom. The number of hydrogen-bond acceptors (Lipinski definition) is 5. The summed E-state index contributed by atoms with van der Waals surface area (Å²) in [5.41, 5.74) is 4.32. The lowest BCUT2D eigenvalue weighted by Gasteiger charge is -2.29. The Morgan fingerprint density at radius 1 is 1.00 bits per heavy atom. The van der Waals surface area contributed by atoms with E-state index in [0.29, 0.717) is 31.0 Å². The number of halogens is 1. The van der Waals surface area contributed by atoms with Crippen LogP contribution in [0.15, 0.2) is 91.3 Å². The van der Waals surface area contributed by atoms with Gasteiger partial charge in [0.1, 0.15) is 23.4 Å². The van der Waals surface area contributed by atoms with Gasteiger partial charge in [0, 0.05) is 44.1 Å². The summed E-state index contributed by atoms with van der Waals surface area (Å²) in [6.07, 6.45) is 6.21. The molecule has 0 aliphatic carbocycles. The lowest BCUT2D eigenvalue weighted by atomic mass is 9.97. The van der Waals surface area contributed by atoms with Gasteiger partial charge in [-0.2, -0.15) is 0 Å². The van der Waals surface area contributed by atoms with E-state index in [9.17, 15) is 9.18 Å². The first-order chi connectivity index (χ1) is 20.0. The Morgan fingerprint density at radius 3 is 2.61 bits per heavy atom. The number of nitrogens with one attached hydrogen (secondary N) is 2. The number of urea groups is 1. The molecule has 1 aliphatic heterocycles. The predicted octanol–water partition coefficient (Wildman–Crippen LogP) is 6.30. The van der Waals surface area contributed by atoms with Crippen LogP contribution in [0.5, 0.6) is 11.5 Å². The number of carbonyl (C=O) groups excluding carboxylic acids is 1. The Bertz CT molecular complexity index is 1420. The van der Waals surface area contributed by atoms with E-state index in [1.54, 1.807) is 30.6 Å². The van der Waals surface area contributed by atoms with Gasteiger partial charge in [-0.3, -0.25) is 4.98 Å². The summed E-state index contributed by atoms with van der Waals surface area (Å²) in [4.78, 5) is 18.5. The van der Waals surface area contributed by atoms with E-state index >= 15 is 0 Å². The maximum Gasteiger partial charge on any atom is 0.319 e. The second kappa shape index (κ2) is 13.8. The third-order valence-corrected chi connectivity index (χ3v) is 7.11. The van der Waals surface area contributed by atoms with Crippen LogP contribution in [0.1, 0.15) is 24.0 Å². The predicted molar refractivity (Wildman–Crippen MR) is 159 cm³/mol.